The summed E-state index contributed by atoms with van der Waals surface area (Å²) in [5.41, 5.74) is 10.2. The van der Waals surface area contributed by atoms with Crippen LogP contribution in [0.25, 0.3) is 16.7 Å². The summed E-state index contributed by atoms with van der Waals surface area (Å²) in [6.07, 6.45) is 0.899. The molecule has 1 aromatic carbocycles. The highest BCUT2D eigenvalue weighted by Crippen LogP contribution is 2.22. The minimum absolute atomic E-state index is 0.169. The largest absolute Gasteiger partial charge is 0.455 e. The Kier molecular flexibility index (Phi) is 5.61. The van der Waals surface area contributed by atoms with Gasteiger partial charge in [0.25, 0.3) is 0 Å². The zero-order valence-electron chi connectivity index (χ0n) is 17.2. The second kappa shape index (κ2) is 8.36. The molecule has 3 heterocycles. The van der Waals surface area contributed by atoms with Gasteiger partial charge in [0.2, 0.25) is 0 Å². The van der Waals surface area contributed by atoms with E-state index in [2.05, 4.69) is 25.7 Å². The van der Waals surface area contributed by atoms with E-state index in [1.807, 2.05) is 6.07 Å². The van der Waals surface area contributed by atoms with Gasteiger partial charge in [0.1, 0.15) is 11.6 Å². The number of hydrogen-bond donors (Lipinski definition) is 2. The number of nitrogen functional groups attached to an aromatic ring is 1. The van der Waals surface area contributed by atoms with Crippen molar-refractivity contribution < 1.29 is 14.3 Å². The maximum atomic E-state index is 12.6. The molecule has 11 nitrogen and oxygen atoms in total. The number of aryl methyl sites for hydroxylation is 1. The first-order valence-electron chi connectivity index (χ1n) is 9.46. The fourth-order valence-electron chi connectivity index (χ4n) is 3.18. The minimum Gasteiger partial charge on any atom is -0.455 e. The van der Waals surface area contributed by atoms with Gasteiger partial charge in [-0.3, -0.25) is 0 Å². The van der Waals surface area contributed by atoms with Gasteiger partial charge in [0.05, 0.1) is 36.3 Å². The molecule has 1 atom stereocenters. The van der Waals surface area contributed by atoms with Gasteiger partial charge in [-0.25, -0.2) is 19.0 Å². The van der Waals surface area contributed by atoms with Gasteiger partial charge >= 0.3 is 5.97 Å². The molecule has 0 spiro atoms. The SMILES string of the molecule is CNc1cc(Cl)nn2c(C(=O)OC(C)COCc3cc(N)c4nnn(C)c4c3)cnc12. The summed E-state index contributed by atoms with van der Waals surface area (Å²) < 4.78 is 14.2. The van der Waals surface area contributed by atoms with Crippen molar-refractivity contribution in [3.8, 4) is 0 Å². The first-order chi connectivity index (χ1) is 14.9. The number of imidazole rings is 1. The van der Waals surface area contributed by atoms with Crippen LogP contribution >= 0.6 is 11.6 Å². The average molecular weight is 445 g/mol. The van der Waals surface area contributed by atoms with Gasteiger partial charge in [0.15, 0.2) is 16.5 Å². The van der Waals surface area contributed by atoms with Gasteiger partial charge in [-0.1, -0.05) is 16.8 Å². The Balaban J connectivity index is 1.39. The number of fused-ring (bicyclic) bond motifs is 2. The Morgan fingerprint density at radius 2 is 2.16 bits per heavy atom. The van der Waals surface area contributed by atoms with Gasteiger partial charge in [0, 0.05) is 20.2 Å². The lowest BCUT2D eigenvalue weighted by Crippen LogP contribution is -2.21. The number of rotatable bonds is 7. The number of hydrogen-bond acceptors (Lipinski definition) is 9. The Hall–Kier alpha value is -3.44. The lowest BCUT2D eigenvalue weighted by Gasteiger charge is -2.14. The monoisotopic (exact) mass is 444 g/mol. The summed E-state index contributed by atoms with van der Waals surface area (Å²) >= 11 is 6.03. The van der Waals surface area contributed by atoms with Crippen molar-refractivity contribution in [2.75, 3.05) is 24.7 Å². The van der Waals surface area contributed by atoms with E-state index in [0.717, 1.165) is 11.1 Å². The van der Waals surface area contributed by atoms with E-state index in [1.165, 1.54) is 10.7 Å². The van der Waals surface area contributed by atoms with Crippen LogP contribution in [-0.4, -0.2) is 55.3 Å². The number of nitrogens with one attached hydrogen (secondary N) is 1. The number of anilines is 2. The van der Waals surface area contributed by atoms with Crippen molar-refractivity contribution in [2.24, 2.45) is 7.05 Å². The quantitative estimate of drug-likeness (QED) is 0.324. The summed E-state index contributed by atoms with van der Waals surface area (Å²) in [6.45, 7) is 2.23. The molecule has 3 N–H and O–H groups in total. The highest BCUT2D eigenvalue weighted by Gasteiger charge is 2.20. The third-order valence-electron chi connectivity index (χ3n) is 4.65. The van der Waals surface area contributed by atoms with E-state index in [9.17, 15) is 4.79 Å². The van der Waals surface area contributed by atoms with Gasteiger partial charge in [-0.2, -0.15) is 5.10 Å². The van der Waals surface area contributed by atoms with Crippen molar-refractivity contribution >= 4 is 45.6 Å². The van der Waals surface area contributed by atoms with Crippen LogP contribution in [0.1, 0.15) is 23.0 Å². The maximum Gasteiger partial charge on any atom is 0.359 e. The standard InChI is InChI=1S/C19H21ClN8O3/c1-10(8-30-9-11-4-12(21)17-14(5-11)27(3)26-24-17)31-19(29)15-7-23-18-13(22-2)6-16(20)25-28(15)18/h4-7,10,22H,8-9,21H2,1-3H3. The zero-order chi connectivity index (χ0) is 22.1. The van der Waals surface area contributed by atoms with Crippen molar-refractivity contribution in [1.82, 2.24) is 29.6 Å². The van der Waals surface area contributed by atoms with Crippen LogP contribution in [0.4, 0.5) is 11.4 Å². The molecule has 12 heteroatoms. The highest BCUT2D eigenvalue weighted by atomic mass is 35.5. The third-order valence-corrected chi connectivity index (χ3v) is 4.84. The van der Waals surface area contributed by atoms with Crippen molar-refractivity contribution in [3.05, 3.63) is 40.8 Å². The number of carbonyl (C=O) groups excluding carboxylic acids is 1. The van der Waals surface area contributed by atoms with Crippen LogP contribution in [0.2, 0.25) is 5.15 Å². The molecule has 0 saturated heterocycles. The van der Waals surface area contributed by atoms with E-state index in [1.54, 1.807) is 37.8 Å². The smallest absolute Gasteiger partial charge is 0.359 e. The van der Waals surface area contributed by atoms with E-state index in [-0.39, 0.29) is 17.5 Å². The first kappa shape index (κ1) is 20.8. The molecule has 0 saturated carbocycles. The molecular formula is C19H21ClN8O3. The Morgan fingerprint density at radius 3 is 2.94 bits per heavy atom. The zero-order valence-corrected chi connectivity index (χ0v) is 17.9. The predicted octanol–water partition coefficient (Wildman–Crippen LogP) is 2.05. The second-order valence-electron chi connectivity index (χ2n) is 7.01. The Labute approximate surface area is 182 Å². The number of carbonyl (C=O) groups is 1. The molecule has 0 aliphatic carbocycles. The number of aromatic nitrogens is 6. The highest BCUT2D eigenvalue weighted by molar-refractivity contribution is 6.29. The summed E-state index contributed by atoms with van der Waals surface area (Å²) in [5, 5.41) is 15.3. The van der Waals surface area contributed by atoms with Gasteiger partial charge in [-0.15, -0.1) is 5.10 Å². The number of esters is 1. The number of benzene rings is 1. The lowest BCUT2D eigenvalue weighted by molar-refractivity contribution is -0.00229. The van der Waals surface area contributed by atoms with Crippen LogP contribution in [0.15, 0.2) is 24.4 Å². The Morgan fingerprint density at radius 1 is 1.35 bits per heavy atom. The summed E-state index contributed by atoms with van der Waals surface area (Å²) in [6, 6.07) is 5.33. The summed E-state index contributed by atoms with van der Waals surface area (Å²) in [7, 11) is 3.52. The summed E-state index contributed by atoms with van der Waals surface area (Å²) in [5.74, 6) is -0.577. The van der Waals surface area contributed by atoms with Crippen LogP contribution in [0.5, 0.6) is 0 Å². The molecule has 0 bridgehead atoms. The average Bonchev–Trinajstić information content (AvgIpc) is 3.31. The first-order valence-corrected chi connectivity index (χ1v) is 9.83. The maximum absolute atomic E-state index is 12.6. The minimum atomic E-state index is -0.577. The topological polar surface area (TPSA) is 134 Å². The fourth-order valence-corrected chi connectivity index (χ4v) is 3.37. The second-order valence-corrected chi connectivity index (χ2v) is 7.39. The molecule has 0 aliphatic heterocycles. The molecule has 1 unspecified atom stereocenters. The molecule has 0 radical (unpaired) electrons. The Bertz CT molecular complexity index is 1270. The lowest BCUT2D eigenvalue weighted by atomic mass is 10.2. The van der Waals surface area contributed by atoms with Crippen molar-refractivity contribution in [3.63, 3.8) is 0 Å². The summed E-state index contributed by atoms with van der Waals surface area (Å²) in [4.78, 5) is 16.8. The molecule has 0 aliphatic rings. The van der Waals surface area contributed by atoms with Crippen LogP contribution in [0.3, 0.4) is 0 Å². The van der Waals surface area contributed by atoms with Crippen LogP contribution < -0.4 is 11.1 Å². The van der Waals surface area contributed by atoms with Crippen molar-refractivity contribution in [2.45, 2.75) is 19.6 Å². The normalized spacial score (nSPS) is 12.4. The number of ether oxygens (including phenoxy) is 2. The van der Waals surface area contributed by atoms with E-state index < -0.39 is 12.1 Å². The molecule has 162 valence electrons. The molecule has 3 aromatic heterocycles. The predicted molar refractivity (Wildman–Crippen MR) is 115 cm³/mol. The molecule has 0 fully saturated rings. The van der Waals surface area contributed by atoms with Crippen LogP contribution in [0, 0.1) is 0 Å². The van der Waals surface area contributed by atoms with E-state index in [0.29, 0.717) is 29.1 Å². The van der Waals surface area contributed by atoms with Crippen molar-refractivity contribution in [1.29, 1.82) is 0 Å². The number of halogens is 1. The van der Waals surface area contributed by atoms with Gasteiger partial charge in [-0.05, 0) is 24.6 Å². The third kappa shape index (κ3) is 4.09. The number of nitrogens with two attached hydrogens (primary N) is 1. The van der Waals surface area contributed by atoms with Gasteiger partial charge < -0.3 is 20.5 Å². The molecule has 31 heavy (non-hydrogen) atoms. The molecular weight excluding hydrogens is 424 g/mol. The van der Waals surface area contributed by atoms with Crippen LogP contribution in [-0.2, 0) is 23.1 Å². The molecule has 4 aromatic rings. The molecule has 0 amide bonds. The van der Waals surface area contributed by atoms with E-state index >= 15 is 0 Å². The van der Waals surface area contributed by atoms with E-state index in [4.69, 9.17) is 26.8 Å². The number of nitrogens with zero attached hydrogens (tertiary/aromatic N) is 6. The molecule has 4 rings (SSSR count). The fraction of sp³-hybridized carbons (Fsp3) is 0.316.